The van der Waals surface area contributed by atoms with Crippen LogP contribution in [0.3, 0.4) is 0 Å². The maximum absolute atomic E-state index is 12.5. The van der Waals surface area contributed by atoms with Crippen molar-refractivity contribution in [1.82, 2.24) is 4.72 Å². The van der Waals surface area contributed by atoms with Crippen LogP contribution in [-0.4, -0.2) is 26.6 Å². The van der Waals surface area contributed by atoms with Crippen molar-refractivity contribution in [2.24, 2.45) is 5.92 Å². The Balaban J connectivity index is 1.70. The molecule has 2 aromatic carbocycles. The van der Waals surface area contributed by atoms with Gasteiger partial charge in [0.1, 0.15) is 0 Å². The summed E-state index contributed by atoms with van der Waals surface area (Å²) in [5.41, 5.74) is 1.54. The molecule has 0 radical (unpaired) electrons. The van der Waals surface area contributed by atoms with E-state index in [1.807, 2.05) is 19.1 Å². The highest BCUT2D eigenvalue weighted by Crippen LogP contribution is 2.34. The number of fused-ring (bicyclic) bond motifs is 1. The van der Waals surface area contributed by atoms with Gasteiger partial charge in [-0.1, -0.05) is 30.7 Å². The van der Waals surface area contributed by atoms with E-state index in [9.17, 15) is 13.2 Å². The number of benzene rings is 2. The first kappa shape index (κ1) is 19.2. The maximum atomic E-state index is 12.5. The third-order valence-corrected chi connectivity index (χ3v) is 7.12. The summed E-state index contributed by atoms with van der Waals surface area (Å²) >= 11 is 7.39. The molecule has 0 saturated carbocycles. The molecule has 0 aliphatic carbocycles. The van der Waals surface area contributed by atoms with Gasteiger partial charge in [0.15, 0.2) is 0 Å². The zero-order valence-corrected chi connectivity index (χ0v) is 16.5. The number of hydrogen-bond acceptors (Lipinski definition) is 4. The van der Waals surface area contributed by atoms with Crippen molar-refractivity contribution in [2.45, 2.75) is 23.1 Å². The summed E-state index contributed by atoms with van der Waals surface area (Å²) in [6, 6.07) is 12.1. The fraction of sp³-hybridized carbons (Fsp3) is 0.278. The minimum absolute atomic E-state index is 0.0958. The normalized spacial score (nSPS) is 17.3. The Labute approximate surface area is 162 Å². The fourth-order valence-electron chi connectivity index (χ4n) is 2.51. The van der Waals surface area contributed by atoms with E-state index in [4.69, 9.17) is 11.6 Å². The van der Waals surface area contributed by atoms with Crippen molar-refractivity contribution in [3.63, 3.8) is 0 Å². The molecule has 0 aromatic heterocycles. The monoisotopic (exact) mass is 410 g/mol. The zero-order chi connectivity index (χ0) is 18.7. The van der Waals surface area contributed by atoms with E-state index in [2.05, 4.69) is 10.0 Å². The van der Waals surface area contributed by atoms with Crippen LogP contribution in [0.15, 0.2) is 52.3 Å². The minimum Gasteiger partial charge on any atom is -0.325 e. The summed E-state index contributed by atoms with van der Waals surface area (Å²) in [6.45, 7) is 2.13. The van der Waals surface area contributed by atoms with Crippen LogP contribution in [0.1, 0.15) is 12.5 Å². The van der Waals surface area contributed by atoms with E-state index < -0.39 is 10.0 Å². The van der Waals surface area contributed by atoms with Gasteiger partial charge in [-0.15, -0.1) is 11.8 Å². The van der Waals surface area contributed by atoms with E-state index in [0.29, 0.717) is 22.9 Å². The largest absolute Gasteiger partial charge is 0.325 e. The molecular formula is C18H19ClN2O3S2. The summed E-state index contributed by atoms with van der Waals surface area (Å²) in [5, 5.41) is 3.45. The van der Waals surface area contributed by atoms with Crippen LogP contribution in [-0.2, 0) is 21.2 Å². The van der Waals surface area contributed by atoms with Crippen LogP contribution in [0.4, 0.5) is 5.69 Å². The van der Waals surface area contributed by atoms with Crippen LogP contribution in [0.5, 0.6) is 0 Å². The first-order valence-electron chi connectivity index (χ1n) is 8.17. The van der Waals surface area contributed by atoms with Gasteiger partial charge in [0, 0.05) is 28.1 Å². The predicted molar refractivity (Wildman–Crippen MR) is 105 cm³/mol. The minimum atomic E-state index is -3.65. The molecule has 138 valence electrons. The Morgan fingerprint density at radius 3 is 2.69 bits per heavy atom. The third-order valence-electron chi connectivity index (χ3n) is 4.07. The number of rotatable bonds is 5. The summed E-state index contributed by atoms with van der Waals surface area (Å²) in [6.07, 6.45) is 0.561. The average Bonchev–Trinajstić information content (AvgIpc) is 2.75. The summed E-state index contributed by atoms with van der Waals surface area (Å²) in [4.78, 5) is 13.0. The van der Waals surface area contributed by atoms with Crippen LogP contribution in [0, 0.1) is 5.92 Å². The molecule has 1 heterocycles. The number of sulfonamides is 1. The Morgan fingerprint density at radius 2 is 1.96 bits per heavy atom. The number of thioether (sulfide) groups is 1. The van der Waals surface area contributed by atoms with Gasteiger partial charge in [0.05, 0.1) is 10.6 Å². The number of carbonyl (C=O) groups excluding carboxylic acids is 1. The van der Waals surface area contributed by atoms with Crippen LogP contribution in [0.2, 0.25) is 5.02 Å². The van der Waals surface area contributed by atoms with Gasteiger partial charge in [0.2, 0.25) is 15.9 Å². The van der Waals surface area contributed by atoms with Gasteiger partial charge in [-0.05, 0) is 42.3 Å². The molecule has 0 spiro atoms. The highest BCUT2D eigenvalue weighted by molar-refractivity contribution is 7.99. The lowest BCUT2D eigenvalue weighted by atomic mass is 10.2. The fourth-order valence-corrected chi connectivity index (χ4v) is 4.70. The summed E-state index contributed by atoms with van der Waals surface area (Å²) in [7, 11) is -3.65. The second kappa shape index (κ2) is 8.00. The van der Waals surface area contributed by atoms with Crippen molar-refractivity contribution in [1.29, 1.82) is 0 Å². The smallest absolute Gasteiger partial charge is 0.240 e. The van der Waals surface area contributed by atoms with E-state index in [-0.39, 0.29) is 23.3 Å². The topological polar surface area (TPSA) is 75.3 Å². The van der Waals surface area contributed by atoms with Gasteiger partial charge in [-0.25, -0.2) is 13.1 Å². The van der Waals surface area contributed by atoms with E-state index in [1.165, 1.54) is 6.07 Å². The van der Waals surface area contributed by atoms with Crippen LogP contribution >= 0.6 is 23.4 Å². The molecule has 2 N–H and O–H groups in total. The van der Waals surface area contributed by atoms with E-state index >= 15 is 0 Å². The Hall–Kier alpha value is -1.54. The Morgan fingerprint density at radius 1 is 1.23 bits per heavy atom. The molecule has 1 aliphatic heterocycles. The third kappa shape index (κ3) is 4.59. The van der Waals surface area contributed by atoms with E-state index in [1.54, 1.807) is 36.0 Å². The molecule has 0 fully saturated rings. The van der Waals surface area contributed by atoms with Crippen molar-refractivity contribution >= 4 is 45.0 Å². The Kier molecular flexibility index (Phi) is 5.92. The molecule has 8 heteroatoms. The number of nitrogens with one attached hydrogen (secondary N) is 2. The van der Waals surface area contributed by atoms with Crippen LogP contribution in [0.25, 0.3) is 0 Å². The summed E-state index contributed by atoms with van der Waals surface area (Å²) in [5.74, 6) is 0.455. The van der Waals surface area contributed by atoms with Crippen molar-refractivity contribution in [3.8, 4) is 0 Å². The summed E-state index contributed by atoms with van der Waals surface area (Å²) < 4.78 is 27.7. The molecule has 3 rings (SSSR count). The number of anilines is 1. The molecular weight excluding hydrogens is 392 g/mol. The highest BCUT2D eigenvalue weighted by Gasteiger charge is 2.22. The molecule has 5 nitrogen and oxygen atoms in total. The second-order valence-corrected chi connectivity index (χ2v) is 9.40. The number of halogens is 1. The second-order valence-electron chi connectivity index (χ2n) is 6.13. The molecule has 1 amide bonds. The Bertz CT molecular complexity index is 915. The van der Waals surface area contributed by atoms with Crippen LogP contribution < -0.4 is 10.0 Å². The first-order chi connectivity index (χ1) is 12.3. The molecule has 1 aliphatic rings. The lowest BCUT2D eigenvalue weighted by Crippen LogP contribution is -2.26. The first-order valence-corrected chi connectivity index (χ1v) is 11.0. The van der Waals surface area contributed by atoms with Crippen molar-refractivity contribution in [2.75, 3.05) is 17.6 Å². The predicted octanol–water partition coefficient (Wildman–Crippen LogP) is 3.54. The lowest BCUT2D eigenvalue weighted by Gasteiger charge is -2.11. The SMILES string of the molecule is C[C@H]1CSc2ccc(S(=O)(=O)NCCc3ccc(Cl)cc3)cc2NC1=O. The van der Waals surface area contributed by atoms with E-state index in [0.717, 1.165) is 10.5 Å². The molecule has 0 bridgehead atoms. The molecule has 2 aromatic rings. The van der Waals surface area contributed by atoms with Gasteiger partial charge in [-0.3, -0.25) is 4.79 Å². The highest BCUT2D eigenvalue weighted by atomic mass is 35.5. The molecule has 0 saturated heterocycles. The van der Waals surface area contributed by atoms with Gasteiger partial charge >= 0.3 is 0 Å². The van der Waals surface area contributed by atoms with Gasteiger partial charge in [0.25, 0.3) is 0 Å². The molecule has 26 heavy (non-hydrogen) atoms. The van der Waals surface area contributed by atoms with Gasteiger partial charge < -0.3 is 5.32 Å². The average molecular weight is 411 g/mol. The molecule has 1 atom stereocenters. The zero-order valence-electron chi connectivity index (χ0n) is 14.2. The lowest BCUT2D eigenvalue weighted by molar-refractivity contribution is -0.118. The number of carbonyl (C=O) groups is 1. The molecule has 0 unspecified atom stereocenters. The van der Waals surface area contributed by atoms with Crippen molar-refractivity contribution in [3.05, 3.63) is 53.1 Å². The standard InChI is InChI=1S/C18H19ClN2O3S2/c1-12-11-25-17-7-6-15(10-16(17)21-18(12)22)26(23,24)20-9-8-13-2-4-14(19)5-3-13/h2-7,10,12,20H,8-9,11H2,1H3,(H,21,22)/t12-/m0/s1. The number of amides is 1. The quantitative estimate of drug-likeness (QED) is 0.790. The maximum Gasteiger partial charge on any atom is 0.240 e. The van der Waals surface area contributed by atoms with Gasteiger partial charge in [-0.2, -0.15) is 0 Å². The number of hydrogen-bond donors (Lipinski definition) is 2. The van der Waals surface area contributed by atoms with Crippen molar-refractivity contribution < 1.29 is 13.2 Å².